The van der Waals surface area contributed by atoms with Gasteiger partial charge < -0.3 is 26.0 Å². The first-order valence-electron chi connectivity index (χ1n) is 8.09. The van der Waals surface area contributed by atoms with E-state index in [0.29, 0.717) is 16.9 Å². The number of carbonyl (C=O) groups excluding carboxylic acids is 2. The van der Waals surface area contributed by atoms with Gasteiger partial charge in [-0.2, -0.15) is 0 Å². The van der Waals surface area contributed by atoms with Gasteiger partial charge in [0, 0.05) is 12.9 Å². The molecule has 0 saturated carbocycles. The number of aliphatic carboxylic acids is 1. The number of hydrogen-bond donors (Lipinski definition) is 4. The molecule has 2 aliphatic rings. The molecule has 0 spiro atoms. The summed E-state index contributed by atoms with van der Waals surface area (Å²) < 4.78 is 5.01. The lowest BCUT2D eigenvalue weighted by Crippen LogP contribution is -2.71. The van der Waals surface area contributed by atoms with Crippen molar-refractivity contribution in [2.24, 2.45) is 5.73 Å². The predicted molar refractivity (Wildman–Crippen MR) is 96.6 cm³/mol. The molecule has 0 aromatic heterocycles. The zero-order valence-corrected chi connectivity index (χ0v) is 15.2. The van der Waals surface area contributed by atoms with Gasteiger partial charge in [-0.1, -0.05) is 12.1 Å². The SMILES string of the molecule is COCC1=C(C(=O)O)N2C(=O)C(NC(=O)C(N)c3ccc(O)cc3)[C@H]2SC1. The van der Waals surface area contributed by atoms with Crippen LogP contribution >= 0.6 is 11.8 Å². The Morgan fingerprint density at radius 1 is 1.41 bits per heavy atom. The highest BCUT2D eigenvalue weighted by Gasteiger charge is 2.54. The van der Waals surface area contributed by atoms with Crippen LogP contribution in [0.25, 0.3) is 0 Å². The topological polar surface area (TPSA) is 142 Å². The number of carboxylic acids is 1. The first-order chi connectivity index (χ1) is 12.8. The Kier molecular flexibility index (Phi) is 5.40. The first kappa shape index (κ1) is 19.2. The fourth-order valence-corrected chi connectivity index (χ4v) is 4.37. The van der Waals surface area contributed by atoms with Gasteiger partial charge >= 0.3 is 5.97 Å². The van der Waals surface area contributed by atoms with E-state index >= 15 is 0 Å². The fourth-order valence-electron chi connectivity index (χ4n) is 3.04. The number of carbonyl (C=O) groups is 3. The lowest BCUT2D eigenvalue weighted by Gasteiger charge is -2.49. The molecule has 27 heavy (non-hydrogen) atoms. The van der Waals surface area contributed by atoms with Gasteiger partial charge in [0.25, 0.3) is 5.91 Å². The third kappa shape index (κ3) is 3.51. The number of phenolic OH excluding ortho intramolecular Hbond substituents is 1. The third-order valence-electron chi connectivity index (χ3n) is 4.40. The number of benzene rings is 1. The van der Waals surface area contributed by atoms with Crippen LogP contribution in [0.15, 0.2) is 35.5 Å². The minimum atomic E-state index is -1.20. The molecule has 144 valence electrons. The highest BCUT2D eigenvalue weighted by atomic mass is 32.2. The second kappa shape index (κ2) is 7.59. The summed E-state index contributed by atoms with van der Waals surface area (Å²) in [4.78, 5) is 37.7. The van der Waals surface area contributed by atoms with E-state index in [-0.39, 0.29) is 18.1 Å². The molecule has 1 aromatic rings. The largest absolute Gasteiger partial charge is 0.508 e. The van der Waals surface area contributed by atoms with Gasteiger partial charge in [0.15, 0.2) is 0 Å². The van der Waals surface area contributed by atoms with Gasteiger partial charge in [-0.3, -0.25) is 14.5 Å². The third-order valence-corrected chi connectivity index (χ3v) is 5.74. The van der Waals surface area contributed by atoms with Crippen LogP contribution in [0, 0.1) is 0 Å². The second-order valence-electron chi connectivity index (χ2n) is 6.16. The minimum absolute atomic E-state index is 0.0506. The normalized spacial score (nSPS) is 22.7. The number of amides is 2. The highest BCUT2D eigenvalue weighted by Crippen LogP contribution is 2.40. The first-order valence-corrected chi connectivity index (χ1v) is 9.13. The van der Waals surface area contributed by atoms with Gasteiger partial charge in [-0.15, -0.1) is 11.8 Å². The predicted octanol–water partition coefficient (Wildman–Crippen LogP) is -0.223. The molecule has 3 rings (SSSR count). The molecular weight excluding hydrogens is 374 g/mol. The van der Waals surface area contributed by atoms with Crippen LogP contribution in [0.5, 0.6) is 5.75 Å². The lowest BCUT2D eigenvalue weighted by molar-refractivity contribution is -0.151. The number of nitrogens with zero attached hydrogens (tertiary/aromatic N) is 1. The Morgan fingerprint density at radius 3 is 2.67 bits per heavy atom. The molecule has 9 nitrogen and oxygen atoms in total. The van der Waals surface area contributed by atoms with E-state index in [0.717, 1.165) is 0 Å². The van der Waals surface area contributed by atoms with Crippen LogP contribution in [-0.4, -0.2) is 63.8 Å². The van der Waals surface area contributed by atoms with Crippen molar-refractivity contribution in [2.45, 2.75) is 17.5 Å². The van der Waals surface area contributed by atoms with Gasteiger partial charge in [0.05, 0.1) is 6.61 Å². The number of ether oxygens (including phenoxy) is 1. The van der Waals surface area contributed by atoms with E-state index in [1.165, 1.54) is 48.0 Å². The van der Waals surface area contributed by atoms with Crippen LogP contribution in [0.4, 0.5) is 0 Å². The fraction of sp³-hybridized carbons (Fsp3) is 0.353. The Bertz CT molecular complexity index is 809. The molecular formula is C17H19N3O6S. The molecule has 2 aliphatic heterocycles. The van der Waals surface area contributed by atoms with Crippen molar-refractivity contribution in [3.63, 3.8) is 0 Å². The van der Waals surface area contributed by atoms with Crippen LogP contribution < -0.4 is 11.1 Å². The van der Waals surface area contributed by atoms with Crippen molar-refractivity contribution in [1.29, 1.82) is 0 Å². The van der Waals surface area contributed by atoms with Crippen molar-refractivity contribution < 1.29 is 29.3 Å². The average molecular weight is 393 g/mol. The monoisotopic (exact) mass is 393 g/mol. The van der Waals surface area contributed by atoms with Gasteiger partial charge in [-0.25, -0.2) is 4.79 Å². The number of thioether (sulfide) groups is 1. The van der Waals surface area contributed by atoms with Crippen molar-refractivity contribution in [1.82, 2.24) is 10.2 Å². The Morgan fingerprint density at radius 2 is 2.07 bits per heavy atom. The quantitative estimate of drug-likeness (QED) is 0.486. The molecule has 0 aliphatic carbocycles. The van der Waals surface area contributed by atoms with Crippen molar-refractivity contribution >= 4 is 29.5 Å². The molecule has 0 radical (unpaired) electrons. The zero-order valence-electron chi connectivity index (χ0n) is 14.4. The number of β-lactam (4-membered cyclic amide) rings is 1. The molecule has 5 N–H and O–H groups in total. The highest BCUT2D eigenvalue weighted by molar-refractivity contribution is 8.00. The van der Waals surface area contributed by atoms with E-state index in [9.17, 15) is 24.6 Å². The molecule has 1 fully saturated rings. The standard InChI is InChI=1S/C17H19N3O6S/c1-26-6-9-7-27-16-12(15(23)20(16)13(9)17(24)25)19-14(22)11(18)8-2-4-10(21)5-3-8/h2-5,11-12,16,21H,6-7,18H2,1H3,(H,19,22)(H,24,25)/t11?,12?,16-/m1/s1. The summed E-state index contributed by atoms with van der Waals surface area (Å²) in [5.41, 5.74) is 6.84. The maximum atomic E-state index is 12.5. The number of rotatable bonds is 6. The summed E-state index contributed by atoms with van der Waals surface area (Å²) in [5, 5.41) is 20.9. The smallest absolute Gasteiger partial charge is 0.352 e. The number of hydrogen-bond acceptors (Lipinski definition) is 7. The molecule has 0 bridgehead atoms. The molecule has 1 aromatic carbocycles. The van der Waals surface area contributed by atoms with Gasteiger partial charge in [-0.05, 0) is 23.3 Å². The maximum Gasteiger partial charge on any atom is 0.352 e. The summed E-state index contributed by atoms with van der Waals surface area (Å²) in [6.45, 7) is 0.119. The maximum absolute atomic E-state index is 12.5. The molecule has 2 unspecified atom stereocenters. The molecule has 2 amide bonds. The molecule has 3 atom stereocenters. The number of aromatic hydroxyl groups is 1. The molecule has 2 heterocycles. The van der Waals surface area contributed by atoms with Gasteiger partial charge in [0.1, 0.15) is 28.9 Å². The number of phenols is 1. The number of methoxy groups -OCH3 is 1. The van der Waals surface area contributed by atoms with E-state index < -0.39 is 35.2 Å². The van der Waals surface area contributed by atoms with Crippen LogP contribution in [0.2, 0.25) is 0 Å². The van der Waals surface area contributed by atoms with E-state index in [4.69, 9.17) is 10.5 Å². The van der Waals surface area contributed by atoms with Crippen LogP contribution in [-0.2, 0) is 19.1 Å². The van der Waals surface area contributed by atoms with Crippen molar-refractivity contribution in [3.05, 3.63) is 41.1 Å². The van der Waals surface area contributed by atoms with E-state index in [1.54, 1.807) is 0 Å². The van der Waals surface area contributed by atoms with E-state index in [1.807, 2.05) is 0 Å². The summed E-state index contributed by atoms with van der Waals surface area (Å²) >= 11 is 1.36. The van der Waals surface area contributed by atoms with Crippen molar-refractivity contribution in [2.75, 3.05) is 19.5 Å². The minimum Gasteiger partial charge on any atom is -0.508 e. The summed E-state index contributed by atoms with van der Waals surface area (Å²) in [7, 11) is 1.45. The summed E-state index contributed by atoms with van der Waals surface area (Å²) in [5.74, 6) is -1.81. The summed E-state index contributed by atoms with van der Waals surface area (Å²) in [6.07, 6.45) is 0. The number of nitrogens with one attached hydrogen (secondary N) is 1. The Balaban J connectivity index is 1.72. The number of fused-ring (bicyclic) bond motifs is 1. The van der Waals surface area contributed by atoms with Gasteiger partial charge in [0.2, 0.25) is 5.91 Å². The molecule has 10 heteroatoms. The molecule has 1 saturated heterocycles. The Labute approximate surface area is 159 Å². The lowest BCUT2D eigenvalue weighted by atomic mass is 10.0. The number of carboxylic acid groups (broad SMARTS) is 1. The van der Waals surface area contributed by atoms with Crippen LogP contribution in [0.3, 0.4) is 0 Å². The average Bonchev–Trinajstić information content (AvgIpc) is 2.65. The second-order valence-corrected chi connectivity index (χ2v) is 7.26. The summed E-state index contributed by atoms with van der Waals surface area (Å²) in [6, 6.07) is 4.01. The van der Waals surface area contributed by atoms with Crippen molar-refractivity contribution in [3.8, 4) is 5.75 Å². The zero-order chi connectivity index (χ0) is 19.7. The Hall–Kier alpha value is -2.56. The number of nitrogens with two attached hydrogens (primary N) is 1. The van der Waals surface area contributed by atoms with Crippen LogP contribution in [0.1, 0.15) is 11.6 Å². The van der Waals surface area contributed by atoms with E-state index in [2.05, 4.69) is 5.32 Å².